The van der Waals surface area contributed by atoms with Gasteiger partial charge >= 0.3 is 5.89 Å². The van der Waals surface area contributed by atoms with Crippen LogP contribution >= 0.6 is 0 Å². The molecular weight excluding hydrogens is 617 g/mol. The van der Waals surface area contributed by atoms with E-state index in [4.69, 9.17) is 9.15 Å². The van der Waals surface area contributed by atoms with Crippen molar-refractivity contribution in [3.8, 4) is 5.75 Å². The minimum absolute atomic E-state index is 0.194. The number of allylic oxidation sites excluding steroid dienone is 2. The largest absolute Gasteiger partial charge is 0.439 e. The molecule has 264 valence electrons. The number of oxazole rings is 1. The number of nitrogens with zero attached hydrogens (tertiary/aromatic N) is 4. The summed E-state index contributed by atoms with van der Waals surface area (Å²) in [4.78, 5) is 2.28. The lowest BCUT2D eigenvalue weighted by atomic mass is 9.70. The fourth-order valence-electron chi connectivity index (χ4n) is 10.1. The Balaban J connectivity index is 0.00000177. The molecule has 5 aromatic rings. The SMILES string of the molecule is CC.CCn1c2c(c3cc4c(cc31)OC(=CC1CC(=Cc3oc5cc6c(cc5[n+]3C)c3c(n6CC)CCCC3)CC(C)(C)C1)N4C)CCCC2. The lowest BCUT2D eigenvalue weighted by molar-refractivity contribution is -0.652. The highest BCUT2D eigenvalue weighted by molar-refractivity contribution is 5.95. The third-order valence-electron chi connectivity index (χ3n) is 12.1. The Morgan fingerprint density at radius 2 is 1.48 bits per heavy atom. The van der Waals surface area contributed by atoms with Crippen LogP contribution < -0.4 is 14.2 Å². The molecule has 4 aliphatic rings. The number of hydrogen-bond donors (Lipinski definition) is 0. The third-order valence-corrected chi connectivity index (χ3v) is 12.1. The molecule has 0 amide bonds. The molecule has 6 heteroatoms. The van der Waals surface area contributed by atoms with Crippen LogP contribution in [-0.2, 0) is 45.8 Å². The lowest BCUT2D eigenvalue weighted by Gasteiger charge is -2.35. The van der Waals surface area contributed by atoms with E-state index >= 15 is 0 Å². The molecule has 1 unspecified atom stereocenters. The van der Waals surface area contributed by atoms with Crippen molar-refractivity contribution >= 4 is 44.7 Å². The number of rotatable bonds is 4. The van der Waals surface area contributed by atoms with Gasteiger partial charge in [0.15, 0.2) is 11.6 Å². The summed E-state index contributed by atoms with van der Waals surface area (Å²) >= 11 is 0. The Kier molecular flexibility index (Phi) is 8.43. The molecule has 50 heavy (non-hydrogen) atoms. The summed E-state index contributed by atoms with van der Waals surface area (Å²) in [5.41, 5.74) is 13.9. The maximum absolute atomic E-state index is 6.66. The number of fused-ring (bicyclic) bond motifs is 8. The van der Waals surface area contributed by atoms with Gasteiger partial charge in [0.05, 0.1) is 22.8 Å². The monoisotopic (exact) mass is 673 g/mol. The minimum Gasteiger partial charge on any atom is -0.439 e. The normalized spacial score (nSPS) is 21.4. The maximum Gasteiger partial charge on any atom is 0.373 e. The van der Waals surface area contributed by atoms with Crippen molar-refractivity contribution < 1.29 is 13.7 Å². The van der Waals surface area contributed by atoms with Crippen LogP contribution in [0.2, 0.25) is 0 Å². The summed E-state index contributed by atoms with van der Waals surface area (Å²) < 4.78 is 20.6. The van der Waals surface area contributed by atoms with Crippen LogP contribution in [-0.4, -0.2) is 16.2 Å². The van der Waals surface area contributed by atoms with Gasteiger partial charge in [-0.1, -0.05) is 33.3 Å². The van der Waals surface area contributed by atoms with Gasteiger partial charge in [-0.2, -0.15) is 4.57 Å². The van der Waals surface area contributed by atoms with Crippen LogP contribution in [0.15, 0.2) is 46.2 Å². The molecule has 0 N–H and O–H groups in total. The molecule has 0 radical (unpaired) electrons. The molecule has 3 aromatic heterocycles. The number of ether oxygens (including phenoxy) is 1. The summed E-state index contributed by atoms with van der Waals surface area (Å²) in [5.74, 6) is 3.30. The fraction of sp³-hybridized carbons (Fsp3) is 0.523. The number of aryl methyl sites for hydroxylation is 5. The van der Waals surface area contributed by atoms with E-state index < -0.39 is 0 Å². The minimum atomic E-state index is 0.194. The topological polar surface area (TPSA) is 39.4 Å². The van der Waals surface area contributed by atoms with Crippen molar-refractivity contribution in [3.05, 3.63) is 70.2 Å². The van der Waals surface area contributed by atoms with Crippen LogP contribution in [0.5, 0.6) is 5.75 Å². The Bertz CT molecular complexity index is 2180. The van der Waals surface area contributed by atoms with Crippen LogP contribution in [0, 0.1) is 11.3 Å². The van der Waals surface area contributed by atoms with Gasteiger partial charge < -0.3 is 23.2 Å². The van der Waals surface area contributed by atoms with Gasteiger partial charge in [-0.05, 0) is 119 Å². The van der Waals surface area contributed by atoms with E-state index in [0.29, 0.717) is 5.92 Å². The third kappa shape index (κ3) is 5.31. The zero-order valence-corrected chi connectivity index (χ0v) is 31.8. The second-order valence-corrected chi connectivity index (χ2v) is 15.9. The lowest BCUT2D eigenvalue weighted by Crippen LogP contribution is -2.30. The van der Waals surface area contributed by atoms with Crippen molar-refractivity contribution in [1.29, 1.82) is 0 Å². The Hall–Kier alpha value is -3.93. The second-order valence-electron chi connectivity index (χ2n) is 15.9. The molecular formula is C44H57N4O2+. The summed E-state index contributed by atoms with van der Waals surface area (Å²) in [5, 5.41) is 2.85. The predicted molar refractivity (Wildman–Crippen MR) is 207 cm³/mol. The van der Waals surface area contributed by atoms with Crippen LogP contribution in [0.3, 0.4) is 0 Å². The highest BCUT2D eigenvalue weighted by atomic mass is 16.5. The van der Waals surface area contributed by atoms with E-state index in [2.05, 4.69) is 96.8 Å². The number of aromatic nitrogens is 3. The highest BCUT2D eigenvalue weighted by Crippen LogP contribution is 2.47. The second kappa shape index (κ2) is 12.7. The summed E-state index contributed by atoms with van der Waals surface area (Å²) in [6.45, 7) is 15.4. The maximum atomic E-state index is 6.66. The molecule has 1 atom stereocenters. The molecule has 0 bridgehead atoms. The molecule has 0 saturated heterocycles. The molecule has 4 heterocycles. The number of benzene rings is 2. The van der Waals surface area contributed by atoms with Crippen molar-refractivity contribution in [2.45, 2.75) is 125 Å². The van der Waals surface area contributed by atoms with Crippen molar-refractivity contribution in [2.24, 2.45) is 18.4 Å². The number of anilines is 1. The van der Waals surface area contributed by atoms with Gasteiger partial charge in [-0.25, -0.2) is 0 Å². The first-order valence-electron chi connectivity index (χ1n) is 19.7. The molecule has 1 fully saturated rings. The highest BCUT2D eigenvalue weighted by Gasteiger charge is 2.34. The Morgan fingerprint density at radius 1 is 0.860 bits per heavy atom. The van der Waals surface area contributed by atoms with E-state index in [1.165, 1.54) is 89.9 Å². The van der Waals surface area contributed by atoms with Gasteiger partial charge in [-0.3, -0.25) is 0 Å². The molecule has 6 nitrogen and oxygen atoms in total. The molecule has 9 rings (SSSR count). The van der Waals surface area contributed by atoms with Crippen LogP contribution in [0.4, 0.5) is 5.69 Å². The van der Waals surface area contributed by atoms with Crippen LogP contribution in [0.1, 0.15) is 115 Å². The Labute approximate surface area is 298 Å². The van der Waals surface area contributed by atoms with Crippen molar-refractivity contribution in [2.75, 3.05) is 11.9 Å². The average molecular weight is 674 g/mol. The zero-order chi connectivity index (χ0) is 34.9. The first-order chi connectivity index (χ1) is 24.2. The first kappa shape index (κ1) is 33.2. The zero-order valence-electron chi connectivity index (χ0n) is 31.8. The van der Waals surface area contributed by atoms with E-state index in [-0.39, 0.29) is 5.41 Å². The number of hydrogen-bond acceptors (Lipinski definition) is 3. The van der Waals surface area contributed by atoms with Gasteiger partial charge in [-0.15, -0.1) is 0 Å². The fourth-order valence-corrected chi connectivity index (χ4v) is 10.1. The van der Waals surface area contributed by atoms with Crippen molar-refractivity contribution in [1.82, 2.24) is 9.13 Å². The van der Waals surface area contributed by atoms with E-state index in [9.17, 15) is 0 Å². The van der Waals surface area contributed by atoms with Gasteiger partial charge in [0.1, 0.15) is 7.05 Å². The standard InChI is InChI=1S/C42H51N4O2.C2H6/c1-7-45-32-15-11-9-13-28(32)30-20-36-38(22-34(30)45)47-40(43(36)5)18-26-17-27(25-42(3,4)24-26)19-41-44(6)37-21-31-29-14-10-12-16-33(29)46(8-2)35(31)23-39(37)48-41;1-2/h18-23,26H,7-17,24-25H2,1-6H3;1-2H3/q+1;. The van der Waals surface area contributed by atoms with E-state index in [1.54, 1.807) is 22.5 Å². The summed E-state index contributed by atoms with van der Waals surface area (Å²) in [6.07, 6.45) is 17.9. The van der Waals surface area contributed by atoms with E-state index in [1.807, 2.05) is 13.8 Å². The average Bonchev–Trinajstić information content (AvgIpc) is 3.80. The first-order valence-corrected chi connectivity index (χ1v) is 19.7. The van der Waals surface area contributed by atoms with Gasteiger partial charge in [0.2, 0.25) is 5.58 Å². The summed E-state index contributed by atoms with van der Waals surface area (Å²) in [6, 6.07) is 9.42. The van der Waals surface area contributed by atoms with Gasteiger partial charge in [0, 0.05) is 60.5 Å². The summed E-state index contributed by atoms with van der Waals surface area (Å²) in [7, 11) is 4.35. The molecule has 1 saturated carbocycles. The molecule has 2 aromatic carbocycles. The van der Waals surface area contributed by atoms with Crippen LogP contribution in [0.25, 0.3) is 39.0 Å². The Morgan fingerprint density at radius 3 is 2.14 bits per heavy atom. The van der Waals surface area contributed by atoms with E-state index in [0.717, 1.165) is 55.5 Å². The molecule has 1 aliphatic heterocycles. The van der Waals surface area contributed by atoms with Crippen molar-refractivity contribution in [3.63, 3.8) is 0 Å². The molecule has 0 spiro atoms. The predicted octanol–water partition coefficient (Wildman–Crippen LogP) is 10.6. The smallest absolute Gasteiger partial charge is 0.373 e. The quantitative estimate of drug-likeness (QED) is 0.178. The van der Waals surface area contributed by atoms with Gasteiger partial charge in [0.25, 0.3) is 5.52 Å². The molecule has 3 aliphatic carbocycles.